The SMILES string of the molecule is CCCC(CC(=O)NNC(=O)c1ccc(C(OC)OC)c2ncccc12)c1ccccc1. The molecule has 3 rings (SSSR count). The van der Waals surface area contributed by atoms with Gasteiger partial charge in [-0.1, -0.05) is 55.8 Å². The van der Waals surface area contributed by atoms with Gasteiger partial charge in [-0.05, 0) is 30.0 Å². The first-order chi connectivity index (χ1) is 15.6. The summed E-state index contributed by atoms with van der Waals surface area (Å²) in [5, 5.41) is 0.643. The monoisotopic (exact) mass is 435 g/mol. The van der Waals surface area contributed by atoms with Crippen LogP contribution in [0.1, 0.15) is 59.9 Å². The molecule has 0 radical (unpaired) electrons. The van der Waals surface area contributed by atoms with Crippen LogP contribution in [0.15, 0.2) is 60.8 Å². The van der Waals surface area contributed by atoms with Gasteiger partial charge in [-0.3, -0.25) is 25.4 Å². The summed E-state index contributed by atoms with van der Waals surface area (Å²) in [5.41, 5.74) is 7.94. The number of carbonyl (C=O) groups excluding carboxylic acids is 2. The zero-order chi connectivity index (χ0) is 22.9. The van der Waals surface area contributed by atoms with Gasteiger partial charge in [-0.2, -0.15) is 0 Å². The molecule has 0 aliphatic rings. The molecule has 0 spiro atoms. The van der Waals surface area contributed by atoms with E-state index in [1.165, 1.54) is 0 Å². The van der Waals surface area contributed by atoms with Gasteiger partial charge in [0.1, 0.15) is 0 Å². The molecule has 0 fully saturated rings. The van der Waals surface area contributed by atoms with Gasteiger partial charge in [0.15, 0.2) is 6.29 Å². The maximum atomic E-state index is 12.8. The Labute approximate surface area is 188 Å². The van der Waals surface area contributed by atoms with Crippen molar-refractivity contribution < 1.29 is 19.1 Å². The molecular formula is C25H29N3O4. The van der Waals surface area contributed by atoms with Gasteiger partial charge in [0, 0.05) is 37.8 Å². The molecule has 2 aromatic carbocycles. The number of carbonyl (C=O) groups is 2. The molecule has 0 aliphatic carbocycles. The van der Waals surface area contributed by atoms with Gasteiger partial charge >= 0.3 is 0 Å². The molecule has 0 aliphatic heterocycles. The number of fused-ring (bicyclic) bond motifs is 1. The molecule has 0 saturated heterocycles. The van der Waals surface area contributed by atoms with Gasteiger partial charge < -0.3 is 9.47 Å². The Bertz CT molecular complexity index is 1050. The molecule has 2 amide bonds. The molecule has 1 heterocycles. The van der Waals surface area contributed by atoms with E-state index in [1.807, 2.05) is 30.3 Å². The minimum Gasteiger partial charge on any atom is -0.352 e. The molecule has 1 atom stereocenters. The summed E-state index contributed by atoms with van der Waals surface area (Å²) in [4.78, 5) is 29.8. The standard InChI is InChI=1S/C25H29N3O4/c1-4-9-18(17-10-6-5-7-11-17)16-22(29)27-28-24(30)20-13-14-21(25(31-2)32-3)23-19(20)12-8-15-26-23/h5-8,10-15,18,25H,4,9,16H2,1-3H3,(H,27,29)(H,28,30). The fourth-order valence-electron chi connectivity index (χ4n) is 3.86. The topological polar surface area (TPSA) is 89.6 Å². The minimum absolute atomic E-state index is 0.0995. The van der Waals surface area contributed by atoms with Crippen molar-refractivity contribution in [2.45, 2.75) is 38.4 Å². The minimum atomic E-state index is -0.599. The summed E-state index contributed by atoms with van der Waals surface area (Å²) >= 11 is 0. The van der Waals surface area contributed by atoms with Crippen molar-refractivity contribution in [1.82, 2.24) is 15.8 Å². The number of benzene rings is 2. The zero-order valence-corrected chi connectivity index (χ0v) is 18.6. The first-order valence-corrected chi connectivity index (χ1v) is 10.7. The van der Waals surface area contributed by atoms with Crippen molar-refractivity contribution in [2.75, 3.05) is 14.2 Å². The average molecular weight is 436 g/mol. The number of ether oxygens (including phenoxy) is 2. The van der Waals surface area contributed by atoms with Crippen LogP contribution in [0.2, 0.25) is 0 Å². The van der Waals surface area contributed by atoms with Crippen LogP contribution in [0.25, 0.3) is 10.9 Å². The van der Waals surface area contributed by atoms with Gasteiger partial charge in [0.05, 0.1) is 11.1 Å². The summed E-state index contributed by atoms with van der Waals surface area (Å²) in [6.07, 6.45) is 3.20. The fourth-order valence-corrected chi connectivity index (χ4v) is 3.86. The first-order valence-electron chi connectivity index (χ1n) is 10.7. The van der Waals surface area contributed by atoms with E-state index >= 15 is 0 Å². The Morgan fingerprint density at radius 2 is 1.72 bits per heavy atom. The van der Waals surface area contributed by atoms with E-state index in [2.05, 4.69) is 22.8 Å². The number of hydrazine groups is 1. The summed E-state index contributed by atoms with van der Waals surface area (Å²) in [7, 11) is 3.08. The third-order valence-corrected chi connectivity index (χ3v) is 5.38. The number of aromatic nitrogens is 1. The number of hydrogen-bond donors (Lipinski definition) is 2. The summed E-state index contributed by atoms with van der Waals surface area (Å²) in [6.45, 7) is 2.09. The highest BCUT2D eigenvalue weighted by Crippen LogP contribution is 2.28. The normalized spacial score (nSPS) is 12.0. The molecule has 168 valence electrons. The lowest BCUT2D eigenvalue weighted by molar-refractivity contribution is -0.122. The molecule has 3 aromatic rings. The number of methoxy groups -OCH3 is 2. The Morgan fingerprint density at radius 3 is 2.41 bits per heavy atom. The number of nitrogens with one attached hydrogen (secondary N) is 2. The quantitative estimate of drug-likeness (QED) is 0.387. The van der Waals surface area contributed by atoms with Crippen molar-refractivity contribution in [2.24, 2.45) is 0 Å². The van der Waals surface area contributed by atoms with Crippen molar-refractivity contribution in [3.05, 3.63) is 77.5 Å². The van der Waals surface area contributed by atoms with E-state index in [0.29, 0.717) is 22.9 Å². The Hall–Kier alpha value is -3.29. The van der Waals surface area contributed by atoms with Gasteiger partial charge in [0.2, 0.25) is 5.91 Å². The Kier molecular flexibility index (Phi) is 8.30. The van der Waals surface area contributed by atoms with Crippen molar-refractivity contribution >= 4 is 22.7 Å². The van der Waals surface area contributed by atoms with Crippen LogP contribution < -0.4 is 10.9 Å². The first kappa shape index (κ1) is 23.4. The second-order valence-corrected chi connectivity index (χ2v) is 7.51. The lowest BCUT2D eigenvalue weighted by atomic mass is 9.91. The van der Waals surface area contributed by atoms with E-state index < -0.39 is 12.2 Å². The predicted molar refractivity (Wildman–Crippen MR) is 123 cm³/mol. The highest BCUT2D eigenvalue weighted by Gasteiger charge is 2.20. The highest BCUT2D eigenvalue weighted by atomic mass is 16.7. The molecule has 1 unspecified atom stereocenters. The predicted octanol–water partition coefficient (Wildman–Crippen LogP) is 4.26. The van der Waals surface area contributed by atoms with Crippen LogP contribution in [-0.2, 0) is 14.3 Å². The molecule has 7 heteroatoms. The van der Waals surface area contributed by atoms with Crippen LogP contribution in [0, 0.1) is 0 Å². The number of rotatable bonds is 9. The third kappa shape index (κ3) is 5.49. The third-order valence-electron chi connectivity index (χ3n) is 5.38. The lowest BCUT2D eigenvalue weighted by Gasteiger charge is -2.18. The van der Waals surface area contributed by atoms with Crippen LogP contribution >= 0.6 is 0 Å². The number of pyridine rings is 1. The summed E-state index contributed by atoms with van der Waals surface area (Å²) < 4.78 is 10.7. The maximum absolute atomic E-state index is 12.8. The van der Waals surface area contributed by atoms with Gasteiger partial charge in [-0.15, -0.1) is 0 Å². The van der Waals surface area contributed by atoms with Crippen LogP contribution in [0.3, 0.4) is 0 Å². The largest absolute Gasteiger partial charge is 0.352 e. The highest BCUT2D eigenvalue weighted by molar-refractivity contribution is 6.07. The van der Waals surface area contributed by atoms with Crippen LogP contribution in [-0.4, -0.2) is 31.0 Å². The Morgan fingerprint density at radius 1 is 0.969 bits per heavy atom. The molecule has 0 bridgehead atoms. The van der Waals surface area contributed by atoms with Crippen molar-refractivity contribution in [3.8, 4) is 0 Å². The average Bonchev–Trinajstić information content (AvgIpc) is 2.83. The van der Waals surface area contributed by atoms with E-state index in [4.69, 9.17) is 9.47 Å². The Balaban J connectivity index is 1.72. The second-order valence-electron chi connectivity index (χ2n) is 7.51. The van der Waals surface area contributed by atoms with Crippen molar-refractivity contribution in [3.63, 3.8) is 0 Å². The van der Waals surface area contributed by atoms with E-state index in [1.54, 1.807) is 44.7 Å². The van der Waals surface area contributed by atoms with Gasteiger partial charge in [0.25, 0.3) is 5.91 Å². The summed E-state index contributed by atoms with van der Waals surface area (Å²) in [5.74, 6) is -0.554. The fraction of sp³-hybridized carbons (Fsp3) is 0.320. The smallest absolute Gasteiger partial charge is 0.270 e. The maximum Gasteiger partial charge on any atom is 0.270 e. The molecule has 32 heavy (non-hydrogen) atoms. The van der Waals surface area contributed by atoms with E-state index in [9.17, 15) is 9.59 Å². The second kappa shape index (κ2) is 11.4. The molecule has 1 aromatic heterocycles. The van der Waals surface area contributed by atoms with Gasteiger partial charge in [-0.25, -0.2) is 0 Å². The molecule has 0 saturated carbocycles. The number of hydrogen-bond acceptors (Lipinski definition) is 5. The molecular weight excluding hydrogens is 406 g/mol. The van der Waals surface area contributed by atoms with Crippen molar-refractivity contribution in [1.29, 1.82) is 0 Å². The number of amides is 2. The lowest BCUT2D eigenvalue weighted by Crippen LogP contribution is -2.42. The summed E-state index contributed by atoms with van der Waals surface area (Å²) in [6, 6.07) is 16.9. The number of nitrogens with zero attached hydrogens (tertiary/aromatic N) is 1. The zero-order valence-electron chi connectivity index (χ0n) is 18.6. The van der Waals surface area contributed by atoms with E-state index in [0.717, 1.165) is 24.0 Å². The van der Waals surface area contributed by atoms with Crippen LogP contribution in [0.4, 0.5) is 0 Å². The van der Waals surface area contributed by atoms with Crippen LogP contribution in [0.5, 0.6) is 0 Å². The molecule has 7 nitrogen and oxygen atoms in total. The molecule has 2 N–H and O–H groups in total. The van der Waals surface area contributed by atoms with E-state index in [-0.39, 0.29) is 11.8 Å².